The largest absolute Gasteiger partial charge is 0.573 e. The number of carbonyl (C=O) groups excluding carboxylic acids is 1. The maximum atomic E-state index is 13.4. The van der Waals surface area contributed by atoms with Crippen LogP contribution in [0.15, 0.2) is 36.4 Å². The highest BCUT2D eigenvalue weighted by Gasteiger charge is 2.33. The zero-order valence-electron chi connectivity index (χ0n) is 17.5. The minimum atomic E-state index is -4.91. The fourth-order valence-corrected chi connectivity index (χ4v) is 3.44. The van der Waals surface area contributed by atoms with Crippen molar-refractivity contribution >= 4 is 6.09 Å². The van der Waals surface area contributed by atoms with Crippen LogP contribution >= 0.6 is 0 Å². The minimum absolute atomic E-state index is 0.133. The van der Waals surface area contributed by atoms with E-state index in [0.717, 1.165) is 16.0 Å². The van der Waals surface area contributed by atoms with E-state index in [9.17, 15) is 22.4 Å². The second-order valence-electron chi connectivity index (χ2n) is 7.80. The molecule has 0 radical (unpaired) electrons. The number of rotatable bonds is 6. The van der Waals surface area contributed by atoms with Gasteiger partial charge in [0.2, 0.25) is 0 Å². The van der Waals surface area contributed by atoms with Crippen molar-refractivity contribution < 1.29 is 31.8 Å². The summed E-state index contributed by atoms with van der Waals surface area (Å²) >= 11 is 0. The second-order valence-corrected chi connectivity index (χ2v) is 7.80. The molecule has 0 saturated carbocycles. The van der Waals surface area contributed by atoms with Crippen LogP contribution in [-0.4, -0.2) is 42.4 Å². The highest BCUT2D eigenvalue weighted by atomic mass is 19.4. The molecule has 0 N–H and O–H groups in total. The molecule has 5 nitrogen and oxygen atoms in total. The van der Waals surface area contributed by atoms with E-state index in [4.69, 9.17) is 4.74 Å². The van der Waals surface area contributed by atoms with Crippen LogP contribution in [0.4, 0.5) is 22.4 Å². The summed E-state index contributed by atoms with van der Waals surface area (Å²) < 4.78 is 60.9. The molecular weight excluding hydrogens is 416 g/mol. The van der Waals surface area contributed by atoms with Gasteiger partial charge in [0.05, 0.1) is 0 Å². The van der Waals surface area contributed by atoms with Gasteiger partial charge in [-0.05, 0) is 60.7 Å². The summed E-state index contributed by atoms with van der Waals surface area (Å²) in [6.45, 7) is 3.37. The van der Waals surface area contributed by atoms with Crippen molar-refractivity contribution in [2.45, 2.75) is 45.3 Å². The third kappa shape index (κ3) is 6.10. The van der Waals surface area contributed by atoms with E-state index >= 15 is 0 Å². The van der Waals surface area contributed by atoms with E-state index in [-0.39, 0.29) is 17.6 Å². The first-order valence-corrected chi connectivity index (χ1v) is 9.81. The third-order valence-electron chi connectivity index (χ3n) is 5.19. The molecule has 168 valence electrons. The molecule has 0 aromatic heterocycles. The Hall–Kier alpha value is -2.81. The highest BCUT2D eigenvalue weighted by Crippen LogP contribution is 2.34. The number of halogens is 4. The lowest BCUT2D eigenvalue weighted by Gasteiger charge is -2.24. The van der Waals surface area contributed by atoms with Crippen LogP contribution in [-0.2, 0) is 19.5 Å². The molecule has 1 aliphatic heterocycles. The first kappa shape index (κ1) is 22.9. The van der Waals surface area contributed by atoms with E-state index in [1.54, 1.807) is 12.1 Å². The molecule has 1 aliphatic rings. The van der Waals surface area contributed by atoms with Crippen molar-refractivity contribution in [3.8, 4) is 11.5 Å². The van der Waals surface area contributed by atoms with Crippen LogP contribution in [0.1, 0.15) is 30.0 Å². The standard InChI is InChI=1S/C22H24F4N2O3/c1-14(28-12-16-7-8-18(23)11-17(16)13-28)4-5-15-6-9-19(30-21(29)27(2)3)20(10-15)31-22(24,25)26/h6-11,14H,4-5,12-13H2,1-3H3. The third-order valence-corrected chi connectivity index (χ3v) is 5.19. The maximum Gasteiger partial charge on any atom is 0.573 e. The van der Waals surface area contributed by atoms with Gasteiger partial charge in [-0.3, -0.25) is 4.90 Å². The molecule has 1 heterocycles. The first-order valence-electron chi connectivity index (χ1n) is 9.81. The van der Waals surface area contributed by atoms with Gasteiger partial charge in [-0.25, -0.2) is 9.18 Å². The summed E-state index contributed by atoms with van der Waals surface area (Å²) in [5, 5.41) is 0. The summed E-state index contributed by atoms with van der Waals surface area (Å²) in [6, 6.07) is 9.06. The Morgan fingerprint density at radius 2 is 1.81 bits per heavy atom. The van der Waals surface area contributed by atoms with Gasteiger partial charge in [0.1, 0.15) is 5.82 Å². The Morgan fingerprint density at radius 1 is 1.10 bits per heavy atom. The molecule has 1 atom stereocenters. The fourth-order valence-electron chi connectivity index (χ4n) is 3.44. The van der Waals surface area contributed by atoms with E-state index < -0.39 is 18.2 Å². The van der Waals surface area contributed by atoms with Crippen molar-refractivity contribution in [2.75, 3.05) is 14.1 Å². The van der Waals surface area contributed by atoms with Crippen LogP contribution in [0.25, 0.3) is 0 Å². The number of hydrogen-bond donors (Lipinski definition) is 0. The van der Waals surface area contributed by atoms with Crippen LogP contribution < -0.4 is 9.47 Å². The van der Waals surface area contributed by atoms with Crippen LogP contribution in [0.2, 0.25) is 0 Å². The van der Waals surface area contributed by atoms with Crippen molar-refractivity contribution in [3.05, 3.63) is 58.9 Å². The smallest absolute Gasteiger partial charge is 0.406 e. The Labute approximate surface area is 178 Å². The Bertz CT molecular complexity index is 947. The molecule has 1 amide bonds. The number of amides is 1. The molecule has 2 aromatic carbocycles. The molecule has 0 aliphatic carbocycles. The van der Waals surface area contributed by atoms with Crippen LogP contribution in [0, 0.1) is 5.82 Å². The maximum absolute atomic E-state index is 13.4. The number of aryl methyl sites for hydroxylation is 1. The summed E-state index contributed by atoms with van der Waals surface area (Å²) in [6.07, 6.45) is -4.54. The quantitative estimate of drug-likeness (QED) is 0.585. The molecule has 0 spiro atoms. The van der Waals surface area contributed by atoms with Gasteiger partial charge in [0.25, 0.3) is 0 Å². The predicted molar refractivity (Wildman–Crippen MR) is 106 cm³/mol. The lowest BCUT2D eigenvalue weighted by Crippen LogP contribution is -2.28. The first-order chi connectivity index (χ1) is 14.5. The molecule has 0 saturated heterocycles. The molecule has 1 unspecified atom stereocenters. The number of carbonyl (C=O) groups is 1. The van der Waals surface area contributed by atoms with E-state index in [2.05, 4.69) is 9.64 Å². The van der Waals surface area contributed by atoms with Gasteiger partial charge in [-0.1, -0.05) is 12.1 Å². The normalized spacial score (nSPS) is 14.8. The minimum Gasteiger partial charge on any atom is -0.406 e. The van der Waals surface area contributed by atoms with E-state index in [1.165, 1.54) is 38.4 Å². The molecule has 9 heteroatoms. The Morgan fingerprint density at radius 3 is 2.48 bits per heavy atom. The number of hydrogen-bond acceptors (Lipinski definition) is 4. The zero-order chi connectivity index (χ0) is 22.8. The lowest BCUT2D eigenvalue weighted by molar-refractivity contribution is -0.275. The average Bonchev–Trinajstić information content (AvgIpc) is 3.09. The summed E-state index contributed by atoms with van der Waals surface area (Å²) in [7, 11) is 2.85. The van der Waals surface area contributed by atoms with Crippen molar-refractivity contribution in [1.82, 2.24) is 9.80 Å². The van der Waals surface area contributed by atoms with E-state index in [0.29, 0.717) is 31.5 Å². The monoisotopic (exact) mass is 440 g/mol. The molecular formula is C22H24F4N2O3. The van der Waals surface area contributed by atoms with Crippen LogP contribution in [0.3, 0.4) is 0 Å². The van der Waals surface area contributed by atoms with Gasteiger partial charge in [0.15, 0.2) is 11.5 Å². The predicted octanol–water partition coefficient (Wildman–Crippen LogP) is 5.12. The molecule has 0 fully saturated rings. The highest BCUT2D eigenvalue weighted by molar-refractivity contribution is 5.71. The topological polar surface area (TPSA) is 42.0 Å². The molecule has 2 aromatic rings. The molecule has 31 heavy (non-hydrogen) atoms. The van der Waals surface area contributed by atoms with Crippen molar-refractivity contribution in [2.24, 2.45) is 0 Å². The van der Waals surface area contributed by atoms with Crippen molar-refractivity contribution in [1.29, 1.82) is 0 Å². The number of fused-ring (bicyclic) bond motifs is 1. The van der Waals surface area contributed by atoms with Gasteiger partial charge >= 0.3 is 12.5 Å². The van der Waals surface area contributed by atoms with Gasteiger partial charge in [0, 0.05) is 33.2 Å². The summed E-state index contributed by atoms with van der Waals surface area (Å²) in [4.78, 5) is 15.0. The van der Waals surface area contributed by atoms with E-state index in [1.807, 2.05) is 6.92 Å². The SMILES string of the molecule is CC(CCc1ccc(OC(=O)N(C)C)c(OC(F)(F)F)c1)N1Cc2ccc(F)cc2C1. The number of alkyl halides is 3. The number of benzene rings is 2. The molecule has 0 bridgehead atoms. The number of nitrogens with zero attached hydrogens (tertiary/aromatic N) is 2. The number of ether oxygens (including phenoxy) is 2. The Balaban J connectivity index is 1.67. The van der Waals surface area contributed by atoms with Crippen LogP contribution in [0.5, 0.6) is 11.5 Å². The van der Waals surface area contributed by atoms with Gasteiger partial charge in [-0.2, -0.15) is 0 Å². The van der Waals surface area contributed by atoms with Crippen molar-refractivity contribution in [3.63, 3.8) is 0 Å². The lowest BCUT2D eigenvalue weighted by atomic mass is 10.0. The fraction of sp³-hybridized carbons (Fsp3) is 0.409. The zero-order valence-corrected chi connectivity index (χ0v) is 17.5. The van der Waals surface area contributed by atoms with Gasteiger partial charge in [-0.15, -0.1) is 13.2 Å². The summed E-state index contributed by atoms with van der Waals surface area (Å²) in [5.74, 6) is -1.12. The second kappa shape index (κ2) is 9.13. The Kier molecular flexibility index (Phi) is 6.74. The van der Waals surface area contributed by atoms with Gasteiger partial charge < -0.3 is 14.4 Å². The molecule has 3 rings (SSSR count). The summed E-state index contributed by atoms with van der Waals surface area (Å²) in [5.41, 5.74) is 2.67. The average molecular weight is 440 g/mol.